The number of carbonyl (C=O) groups excluding carboxylic acids is 1. The van der Waals surface area contributed by atoms with Gasteiger partial charge < -0.3 is 25.8 Å². The minimum atomic E-state index is -4.24. The van der Waals surface area contributed by atoms with Crippen LogP contribution in [0.4, 0.5) is 5.69 Å². The summed E-state index contributed by atoms with van der Waals surface area (Å²) in [5.41, 5.74) is 13.4. The van der Waals surface area contributed by atoms with Gasteiger partial charge >= 0.3 is 5.97 Å². The molecule has 0 bridgehead atoms. The first-order chi connectivity index (χ1) is 19.6. The highest BCUT2D eigenvalue weighted by molar-refractivity contribution is 7.97. The number of amidine groups is 1. The van der Waals surface area contributed by atoms with Gasteiger partial charge in [0.2, 0.25) is 0 Å². The third-order valence-corrected chi connectivity index (χ3v) is 8.97. The fraction of sp³-hybridized carbons (Fsp3) is 0.276. The van der Waals surface area contributed by atoms with Crippen molar-refractivity contribution in [2.24, 2.45) is 11.5 Å². The number of hydrogen-bond donors (Lipinski definition) is 4. The van der Waals surface area contributed by atoms with E-state index < -0.39 is 20.9 Å². The molecule has 3 aromatic carbocycles. The summed E-state index contributed by atoms with van der Waals surface area (Å²) in [4.78, 5) is 14.1. The number of anilines is 1. The Labute approximate surface area is 238 Å². The van der Waals surface area contributed by atoms with Gasteiger partial charge in [0.05, 0.1) is 18.8 Å². The maximum absolute atomic E-state index is 13.7. The molecule has 2 aliphatic rings. The van der Waals surface area contributed by atoms with Crippen molar-refractivity contribution >= 4 is 50.3 Å². The van der Waals surface area contributed by atoms with E-state index in [4.69, 9.17) is 31.8 Å². The van der Waals surface area contributed by atoms with Gasteiger partial charge in [-0.15, -0.1) is 0 Å². The monoisotopic (exact) mass is 576 g/mol. The van der Waals surface area contributed by atoms with Crippen LogP contribution in [0, 0.1) is 10.8 Å². The van der Waals surface area contributed by atoms with Crippen molar-refractivity contribution < 1.29 is 22.7 Å². The normalized spacial score (nSPS) is 16.6. The van der Waals surface area contributed by atoms with Crippen molar-refractivity contribution in [3.63, 3.8) is 0 Å². The van der Waals surface area contributed by atoms with Gasteiger partial charge in [-0.1, -0.05) is 24.3 Å². The molecule has 1 saturated heterocycles. The Morgan fingerprint density at radius 2 is 1.73 bits per heavy atom. The third-order valence-electron chi connectivity index (χ3n) is 7.23. The van der Waals surface area contributed by atoms with Crippen molar-refractivity contribution in [3.05, 3.63) is 76.2 Å². The fourth-order valence-corrected chi connectivity index (χ4v) is 6.61. The van der Waals surface area contributed by atoms with Gasteiger partial charge in [-0.25, -0.2) is 13.2 Å². The third kappa shape index (κ3) is 5.68. The van der Waals surface area contributed by atoms with Gasteiger partial charge in [0.25, 0.3) is 10.0 Å². The number of fused-ring (bicyclic) bond motifs is 2. The summed E-state index contributed by atoms with van der Waals surface area (Å²) in [6.07, 6.45) is 2.63. The summed E-state index contributed by atoms with van der Waals surface area (Å²) < 4.78 is 40.0. The molecule has 2 aliphatic heterocycles. The molecule has 0 aromatic heterocycles. The standard InChI is InChI=1S/C29H32N6O5S/c1-2-39-28(36)26-16-22-15-24(40-23-9-11-34(12-10-23)29(32)33)7-8-25(22)35(41(26,37)38)17-18-3-4-19-5-6-20(27(30)31)14-21(19)13-18/h3-8,13-16,23H,2,9-12,17H2,1H3,(H3,30,31)(H3,32,33). The Hall–Kier alpha value is -4.58. The lowest BCUT2D eigenvalue weighted by molar-refractivity contribution is -0.137. The maximum atomic E-state index is 13.7. The van der Waals surface area contributed by atoms with E-state index in [0.29, 0.717) is 54.1 Å². The van der Waals surface area contributed by atoms with E-state index in [-0.39, 0.29) is 31.1 Å². The molecule has 214 valence electrons. The number of likely N-dealkylation sites (tertiary alicyclic amines) is 1. The summed E-state index contributed by atoms with van der Waals surface area (Å²) >= 11 is 0. The average molecular weight is 577 g/mol. The molecule has 11 nitrogen and oxygen atoms in total. The number of nitrogens with two attached hydrogens (primary N) is 2. The number of ether oxygens (including phenoxy) is 2. The second-order valence-electron chi connectivity index (χ2n) is 9.96. The summed E-state index contributed by atoms with van der Waals surface area (Å²) in [5.74, 6) is -0.390. The first kappa shape index (κ1) is 28.0. The Kier molecular flexibility index (Phi) is 7.59. The Bertz CT molecular complexity index is 1680. The first-order valence-electron chi connectivity index (χ1n) is 13.2. The molecule has 2 heterocycles. The molecule has 1 fully saturated rings. The van der Waals surface area contributed by atoms with Crippen LogP contribution in [0.1, 0.15) is 36.5 Å². The van der Waals surface area contributed by atoms with Crippen molar-refractivity contribution in [3.8, 4) is 5.75 Å². The summed E-state index contributed by atoms with van der Waals surface area (Å²) in [7, 11) is -4.24. The Balaban J connectivity index is 1.49. The van der Waals surface area contributed by atoms with Crippen molar-refractivity contribution in [1.82, 2.24) is 4.90 Å². The van der Waals surface area contributed by atoms with Gasteiger partial charge in [-0.05, 0) is 59.7 Å². The quantitative estimate of drug-likeness (QED) is 0.188. The molecule has 41 heavy (non-hydrogen) atoms. The zero-order valence-electron chi connectivity index (χ0n) is 22.6. The zero-order valence-corrected chi connectivity index (χ0v) is 23.4. The molecule has 6 N–H and O–H groups in total. The summed E-state index contributed by atoms with van der Waals surface area (Å²) in [5, 5.41) is 17.1. The van der Waals surface area contributed by atoms with Crippen LogP contribution < -0.4 is 20.5 Å². The largest absolute Gasteiger partial charge is 0.490 e. The Morgan fingerprint density at radius 3 is 2.41 bits per heavy atom. The van der Waals surface area contributed by atoms with Crippen LogP contribution in [0.2, 0.25) is 0 Å². The van der Waals surface area contributed by atoms with Crippen molar-refractivity contribution in [1.29, 1.82) is 10.8 Å². The van der Waals surface area contributed by atoms with Crippen molar-refractivity contribution in [2.75, 3.05) is 24.0 Å². The summed E-state index contributed by atoms with van der Waals surface area (Å²) in [6.45, 7) is 2.85. The SMILES string of the molecule is CCOC(=O)C1=Cc2cc(OC3CCN(C(=N)N)CC3)ccc2N(Cc2ccc3ccc(C(=N)N)cc3c2)S1(=O)=O. The molecule has 0 saturated carbocycles. The second kappa shape index (κ2) is 11.1. The number of hydrogen-bond acceptors (Lipinski definition) is 7. The smallest absolute Gasteiger partial charge is 0.351 e. The van der Waals surface area contributed by atoms with E-state index >= 15 is 0 Å². The molecule has 12 heteroatoms. The number of guanidine groups is 1. The highest BCUT2D eigenvalue weighted by atomic mass is 32.2. The molecule has 3 aromatic rings. The number of nitrogens with zero attached hydrogens (tertiary/aromatic N) is 2. The van der Waals surface area contributed by atoms with Crippen LogP contribution in [0.3, 0.4) is 0 Å². The topological polar surface area (TPSA) is 176 Å². The van der Waals surface area contributed by atoms with Gasteiger partial charge in [0, 0.05) is 37.1 Å². The number of nitrogen functional groups attached to an aromatic ring is 1. The van der Waals surface area contributed by atoms with Crippen LogP contribution in [-0.2, 0) is 26.1 Å². The van der Waals surface area contributed by atoms with Gasteiger partial charge in [0.15, 0.2) is 10.9 Å². The van der Waals surface area contributed by atoms with E-state index in [1.54, 1.807) is 42.2 Å². The predicted molar refractivity (Wildman–Crippen MR) is 158 cm³/mol. The molecule has 0 unspecified atom stereocenters. The van der Waals surface area contributed by atoms with E-state index in [2.05, 4.69) is 0 Å². The molecule has 0 amide bonds. The van der Waals surface area contributed by atoms with E-state index in [0.717, 1.165) is 10.8 Å². The number of carbonyl (C=O) groups is 1. The molecule has 0 aliphatic carbocycles. The van der Waals surface area contributed by atoms with Crippen LogP contribution in [0.25, 0.3) is 16.8 Å². The highest BCUT2D eigenvalue weighted by Crippen LogP contribution is 2.38. The van der Waals surface area contributed by atoms with Crippen molar-refractivity contribution in [2.45, 2.75) is 32.4 Å². The molecule has 0 radical (unpaired) electrons. The molecular formula is C29H32N6O5S. The van der Waals surface area contributed by atoms with Crippen LogP contribution >= 0.6 is 0 Å². The lowest BCUT2D eigenvalue weighted by atomic mass is 10.0. The highest BCUT2D eigenvalue weighted by Gasteiger charge is 2.38. The van der Waals surface area contributed by atoms with Crippen LogP contribution in [0.5, 0.6) is 5.75 Å². The predicted octanol–water partition coefficient (Wildman–Crippen LogP) is 3.11. The maximum Gasteiger partial charge on any atom is 0.351 e. The Morgan fingerprint density at radius 1 is 1.00 bits per heavy atom. The van der Waals surface area contributed by atoms with Crippen LogP contribution in [0.15, 0.2) is 59.5 Å². The zero-order chi connectivity index (χ0) is 29.3. The number of sulfonamides is 1. The molecule has 5 rings (SSSR count). The summed E-state index contributed by atoms with van der Waals surface area (Å²) in [6, 6.07) is 16.1. The molecule has 0 atom stereocenters. The lowest BCUT2D eigenvalue weighted by Crippen LogP contribution is -2.44. The van der Waals surface area contributed by atoms with E-state index in [9.17, 15) is 13.2 Å². The average Bonchev–Trinajstić information content (AvgIpc) is 2.94. The molecular weight excluding hydrogens is 544 g/mol. The van der Waals surface area contributed by atoms with Crippen LogP contribution in [-0.4, -0.2) is 56.9 Å². The number of piperidine rings is 1. The number of nitrogens with one attached hydrogen (secondary N) is 2. The first-order valence-corrected chi connectivity index (χ1v) is 14.7. The number of benzene rings is 3. The van der Waals surface area contributed by atoms with Gasteiger partial charge in [-0.2, -0.15) is 0 Å². The molecule has 0 spiro atoms. The minimum absolute atomic E-state index is 0.0316. The van der Waals surface area contributed by atoms with E-state index in [1.165, 1.54) is 10.4 Å². The number of esters is 1. The number of rotatable bonds is 7. The minimum Gasteiger partial charge on any atom is -0.490 e. The lowest BCUT2D eigenvalue weighted by Gasteiger charge is -2.33. The van der Waals surface area contributed by atoms with Gasteiger partial charge in [-0.3, -0.25) is 15.1 Å². The fourth-order valence-electron chi connectivity index (χ4n) is 5.08. The van der Waals surface area contributed by atoms with E-state index in [1.807, 2.05) is 24.3 Å². The second-order valence-corrected chi connectivity index (χ2v) is 11.8. The van der Waals surface area contributed by atoms with Gasteiger partial charge in [0.1, 0.15) is 17.7 Å².